The second-order valence-corrected chi connectivity index (χ2v) is 6.20. The molecule has 5 heteroatoms. The van der Waals surface area contributed by atoms with Gasteiger partial charge in [0, 0.05) is 36.7 Å². The lowest BCUT2D eigenvalue weighted by molar-refractivity contribution is 0.240. The van der Waals surface area contributed by atoms with Crippen LogP contribution in [-0.4, -0.2) is 24.5 Å². The third-order valence-corrected chi connectivity index (χ3v) is 5.35. The summed E-state index contributed by atoms with van der Waals surface area (Å²) in [7, 11) is 1.59. The number of methoxy groups -OCH3 is 1. The van der Waals surface area contributed by atoms with Gasteiger partial charge in [-0.15, -0.1) is 0 Å². The molecule has 23 heavy (non-hydrogen) atoms. The monoisotopic (exact) mass is 320 g/mol. The molecule has 3 heterocycles. The summed E-state index contributed by atoms with van der Waals surface area (Å²) >= 11 is 0. The lowest BCUT2D eigenvalue weighted by Crippen LogP contribution is -2.33. The molecule has 0 spiro atoms. The van der Waals surface area contributed by atoms with Crippen molar-refractivity contribution < 1.29 is 13.5 Å². The molecule has 3 rings (SSSR count). The van der Waals surface area contributed by atoms with Gasteiger partial charge in [-0.2, -0.15) is 13.8 Å². The number of hydrogen-bond donors (Lipinski definition) is 0. The van der Waals surface area contributed by atoms with Gasteiger partial charge in [-0.25, -0.2) is 0 Å². The molecular formula is C18H22F2N2O. The Morgan fingerprint density at radius 3 is 2.74 bits per heavy atom. The Labute approximate surface area is 135 Å². The van der Waals surface area contributed by atoms with E-state index in [9.17, 15) is 8.78 Å². The van der Waals surface area contributed by atoms with Crippen LogP contribution in [0.2, 0.25) is 0 Å². The van der Waals surface area contributed by atoms with Crippen LogP contribution >= 0.6 is 0 Å². The summed E-state index contributed by atoms with van der Waals surface area (Å²) in [5, 5.41) is 0. The highest BCUT2D eigenvalue weighted by Gasteiger charge is 2.44. The van der Waals surface area contributed by atoms with Crippen LogP contribution in [0.4, 0.5) is 8.78 Å². The molecule has 0 radical (unpaired) electrons. The van der Waals surface area contributed by atoms with Crippen molar-refractivity contribution in [2.75, 3.05) is 13.7 Å². The summed E-state index contributed by atoms with van der Waals surface area (Å²) in [6.07, 6.45) is 9.66. The van der Waals surface area contributed by atoms with E-state index >= 15 is 0 Å². The molecule has 0 N–H and O–H groups in total. The summed E-state index contributed by atoms with van der Waals surface area (Å²) in [5.74, 6) is -0.886. The number of aliphatic imine (C=N–C) groups is 1. The van der Waals surface area contributed by atoms with E-state index in [1.165, 1.54) is 0 Å². The molecule has 1 unspecified atom stereocenters. The largest absolute Gasteiger partial charge is 0.497 e. The molecule has 0 bridgehead atoms. The zero-order valence-corrected chi connectivity index (χ0v) is 13.8. The van der Waals surface area contributed by atoms with Crippen molar-refractivity contribution in [1.29, 1.82) is 0 Å². The van der Waals surface area contributed by atoms with Gasteiger partial charge in [-0.05, 0) is 24.3 Å². The molecule has 0 saturated heterocycles. The van der Waals surface area contributed by atoms with E-state index in [2.05, 4.69) is 24.9 Å². The Bertz CT molecular complexity index is 654. The van der Waals surface area contributed by atoms with Crippen molar-refractivity contribution in [1.82, 2.24) is 4.90 Å². The van der Waals surface area contributed by atoms with Crippen LogP contribution < -0.4 is 0 Å². The lowest BCUT2D eigenvalue weighted by atomic mass is 9.66. The van der Waals surface area contributed by atoms with Gasteiger partial charge < -0.3 is 9.64 Å². The smallest absolute Gasteiger partial charge is 0.220 e. The molecule has 0 fully saturated rings. The predicted octanol–water partition coefficient (Wildman–Crippen LogP) is 4.62. The van der Waals surface area contributed by atoms with Crippen LogP contribution in [0.5, 0.6) is 0 Å². The molecular weight excluding hydrogens is 298 g/mol. The quantitative estimate of drug-likeness (QED) is 0.709. The Morgan fingerprint density at radius 1 is 1.35 bits per heavy atom. The van der Waals surface area contributed by atoms with E-state index in [0.29, 0.717) is 17.9 Å². The van der Waals surface area contributed by atoms with Crippen molar-refractivity contribution in [2.24, 2.45) is 16.3 Å². The number of ether oxygens (including phenoxy) is 1. The first-order chi connectivity index (χ1) is 11.0. The number of halogens is 2. The number of allylic oxidation sites excluding steroid dienone is 3. The topological polar surface area (TPSA) is 24.8 Å². The highest BCUT2D eigenvalue weighted by Crippen LogP contribution is 2.51. The summed E-state index contributed by atoms with van der Waals surface area (Å²) in [6, 6.07) is 0. The predicted molar refractivity (Wildman–Crippen MR) is 86.8 cm³/mol. The van der Waals surface area contributed by atoms with Crippen LogP contribution in [0, 0.1) is 11.3 Å². The van der Waals surface area contributed by atoms with E-state index in [1.807, 2.05) is 23.3 Å². The number of fused-ring (bicyclic) bond motifs is 3. The minimum atomic E-state index is -0.706. The van der Waals surface area contributed by atoms with E-state index in [1.54, 1.807) is 7.11 Å². The lowest BCUT2D eigenvalue weighted by Gasteiger charge is -2.39. The second-order valence-electron chi connectivity index (χ2n) is 6.20. The van der Waals surface area contributed by atoms with Crippen molar-refractivity contribution in [3.8, 4) is 0 Å². The van der Waals surface area contributed by atoms with Crippen molar-refractivity contribution in [2.45, 2.75) is 33.1 Å². The van der Waals surface area contributed by atoms with Gasteiger partial charge in [0.1, 0.15) is 5.76 Å². The van der Waals surface area contributed by atoms with Crippen LogP contribution in [0.25, 0.3) is 0 Å². The van der Waals surface area contributed by atoms with Crippen LogP contribution in [-0.2, 0) is 4.74 Å². The molecule has 0 saturated carbocycles. The zero-order valence-electron chi connectivity index (χ0n) is 13.8. The highest BCUT2D eigenvalue weighted by molar-refractivity contribution is 5.78. The molecule has 0 amide bonds. The third-order valence-electron chi connectivity index (χ3n) is 5.35. The van der Waals surface area contributed by atoms with Crippen LogP contribution in [0.15, 0.2) is 52.4 Å². The van der Waals surface area contributed by atoms with Gasteiger partial charge in [-0.3, -0.25) is 0 Å². The normalized spacial score (nSPS) is 25.9. The van der Waals surface area contributed by atoms with Gasteiger partial charge in [0.15, 0.2) is 5.97 Å². The van der Waals surface area contributed by atoms with Gasteiger partial charge in [0.05, 0.1) is 12.8 Å². The average Bonchev–Trinajstić information content (AvgIpc) is 2.69. The molecule has 0 aromatic heterocycles. The summed E-state index contributed by atoms with van der Waals surface area (Å²) in [4.78, 5) is 5.47. The molecule has 3 aliphatic heterocycles. The molecule has 3 aliphatic rings. The Kier molecular flexibility index (Phi) is 4.13. The second kappa shape index (κ2) is 5.95. The minimum Gasteiger partial charge on any atom is -0.497 e. The Morgan fingerprint density at radius 2 is 2.09 bits per heavy atom. The fourth-order valence-electron chi connectivity index (χ4n) is 3.81. The third kappa shape index (κ3) is 2.52. The molecule has 1 atom stereocenters. The van der Waals surface area contributed by atoms with Crippen molar-refractivity contribution in [3.63, 3.8) is 0 Å². The maximum atomic E-state index is 14.7. The van der Waals surface area contributed by atoms with Gasteiger partial charge in [0.25, 0.3) is 0 Å². The standard InChI is InChI=1S/C18H22F2N2O/c1-4-18(5-2)7-9-22-8-6-12(23-3)10-14(22)16-13(18)11-15(19)21-17(16)20/h6-7,9-10,13H,4-5,8,11H2,1-3H3. The molecule has 0 aliphatic carbocycles. The van der Waals surface area contributed by atoms with Gasteiger partial charge in [-0.1, -0.05) is 19.9 Å². The van der Waals surface area contributed by atoms with Crippen molar-refractivity contribution in [3.05, 3.63) is 47.4 Å². The molecule has 0 aromatic rings. The fourth-order valence-corrected chi connectivity index (χ4v) is 3.81. The Hall–Kier alpha value is -1.91. The molecule has 124 valence electrons. The van der Waals surface area contributed by atoms with Crippen LogP contribution in [0.1, 0.15) is 33.1 Å². The maximum absolute atomic E-state index is 14.7. The van der Waals surface area contributed by atoms with Gasteiger partial charge in [0.2, 0.25) is 5.95 Å². The highest BCUT2D eigenvalue weighted by atomic mass is 19.1. The van der Waals surface area contributed by atoms with E-state index in [0.717, 1.165) is 18.5 Å². The first-order valence-electron chi connectivity index (χ1n) is 8.09. The maximum Gasteiger partial charge on any atom is 0.220 e. The first-order valence-corrected chi connectivity index (χ1v) is 8.09. The summed E-state index contributed by atoms with van der Waals surface area (Å²) in [5.41, 5.74) is 0.955. The van der Waals surface area contributed by atoms with Crippen molar-refractivity contribution >= 4 is 5.97 Å². The zero-order chi connectivity index (χ0) is 16.6. The number of rotatable bonds is 3. The summed E-state index contributed by atoms with van der Waals surface area (Å²) in [6.45, 7) is 4.75. The minimum absolute atomic E-state index is 0.145. The fraction of sp³-hybridized carbons (Fsp3) is 0.500. The van der Waals surface area contributed by atoms with E-state index < -0.39 is 11.9 Å². The van der Waals surface area contributed by atoms with Crippen LogP contribution in [0.3, 0.4) is 0 Å². The van der Waals surface area contributed by atoms with E-state index in [-0.39, 0.29) is 17.8 Å². The van der Waals surface area contributed by atoms with E-state index in [4.69, 9.17) is 4.74 Å². The summed E-state index contributed by atoms with van der Waals surface area (Å²) < 4.78 is 33.9. The average molecular weight is 320 g/mol. The molecule has 3 nitrogen and oxygen atoms in total. The Balaban J connectivity index is 2.20. The number of hydrogen-bond acceptors (Lipinski definition) is 3. The number of nitrogens with zero attached hydrogens (tertiary/aromatic N) is 2. The first kappa shape index (κ1) is 16.0. The SMILES string of the molecule is CCC1(CC)C=CN2CC=C(OC)C=C2C2=C(F)N=C(F)CC21. The van der Waals surface area contributed by atoms with Gasteiger partial charge >= 0.3 is 0 Å². The molecule has 0 aromatic carbocycles.